The van der Waals surface area contributed by atoms with E-state index in [1.54, 1.807) is 30.2 Å². The first-order valence-corrected chi connectivity index (χ1v) is 6.18. The van der Waals surface area contributed by atoms with Crippen LogP contribution in [0.1, 0.15) is 30.6 Å². The third kappa shape index (κ3) is 3.65. The maximum Gasteiger partial charge on any atom is 0.253 e. The Labute approximate surface area is 109 Å². The standard InChI is InChI=1S/C14H22N2O2/c1-5-10(2)9-16(3)14(17)11-6-12(15)8-13(7-11)18-4/h6-8,10H,5,9,15H2,1-4H3. The smallest absolute Gasteiger partial charge is 0.253 e. The van der Waals surface area contributed by atoms with Crippen molar-refractivity contribution in [1.29, 1.82) is 0 Å². The lowest BCUT2D eigenvalue weighted by Crippen LogP contribution is -2.30. The predicted molar refractivity (Wildman–Crippen MR) is 73.8 cm³/mol. The Kier molecular flexibility index (Phi) is 5.01. The zero-order chi connectivity index (χ0) is 13.7. The second-order valence-corrected chi connectivity index (χ2v) is 4.69. The average Bonchev–Trinajstić information content (AvgIpc) is 2.36. The van der Waals surface area contributed by atoms with Gasteiger partial charge in [0, 0.05) is 30.9 Å². The fourth-order valence-electron chi connectivity index (χ4n) is 1.76. The number of anilines is 1. The molecule has 0 aliphatic heterocycles. The Hall–Kier alpha value is -1.71. The van der Waals surface area contributed by atoms with Crippen molar-refractivity contribution in [2.24, 2.45) is 5.92 Å². The van der Waals surface area contributed by atoms with Crippen LogP contribution in [0.15, 0.2) is 18.2 Å². The van der Waals surface area contributed by atoms with E-state index in [1.165, 1.54) is 0 Å². The molecule has 0 saturated heterocycles. The summed E-state index contributed by atoms with van der Waals surface area (Å²) < 4.78 is 5.12. The topological polar surface area (TPSA) is 55.6 Å². The van der Waals surface area contributed by atoms with Crippen LogP contribution in [-0.2, 0) is 0 Å². The number of hydrogen-bond donors (Lipinski definition) is 1. The van der Waals surface area contributed by atoms with Crippen molar-refractivity contribution in [3.8, 4) is 5.75 Å². The van der Waals surface area contributed by atoms with Gasteiger partial charge in [-0.15, -0.1) is 0 Å². The summed E-state index contributed by atoms with van der Waals surface area (Å²) in [6, 6.07) is 5.09. The molecule has 1 aromatic carbocycles. The number of carbonyl (C=O) groups excluding carboxylic acids is 1. The van der Waals surface area contributed by atoms with E-state index >= 15 is 0 Å². The quantitative estimate of drug-likeness (QED) is 0.816. The molecule has 0 aliphatic carbocycles. The highest BCUT2D eigenvalue weighted by atomic mass is 16.5. The van der Waals surface area contributed by atoms with Gasteiger partial charge >= 0.3 is 0 Å². The number of nitrogens with two attached hydrogens (primary N) is 1. The molecule has 0 saturated carbocycles. The third-order valence-corrected chi connectivity index (χ3v) is 3.04. The van der Waals surface area contributed by atoms with Crippen LogP contribution in [0.5, 0.6) is 5.75 Å². The van der Waals surface area contributed by atoms with Gasteiger partial charge in [-0.25, -0.2) is 0 Å². The van der Waals surface area contributed by atoms with Gasteiger partial charge in [0.2, 0.25) is 0 Å². The van der Waals surface area contributed by atoms with Crippen LogP contribution < -0.4 is 10.5 Å². The molecule has 18 heavy (non-hydrogen) atoms. The Bertz CT molecular complexity index is 418. The summed E-state index contributed by atoms with van der Waals surface area (Å²) in [6.45, 7) is 4.99. The molecule has 0 spiro atoms. The van der Waals surface area contributed by atoms with Gasteiger partial charge in [0.05, 0.1) is 7.11 Å². The number of carbonyl (C=O) groups is 1. The van der Waals surface area contributed by atoms with Gasteiger partial charge in [-0.05, 0) is 18.1 Å². The van der Waals surface area contributed by atoms with Crippen molar-refractivity contribution in [3.63, 3.8) is 0 Å². The van der Waals surface area contributed by atoms with Gasteiger partial charge in [0.25, 0.3) is 5.91 Å². The average molecular weight is 250 g/mol. The van der Waals surface area contributed by atoms with Crippen molar-refractivity contribution in [3.05, 3.63) is 23.8 Å². The molecule has 1 atom stereocenters. The van der Waals surface area contributed by atoms with Gasteiger partial charge in [0.15, 0.2) is 0 Å². The number of amides is 1. The second kappa shape index (κ2) is 6.28. The van der Waals surface area contributed by atoms with E-state index in [1.807, 2.05) is 7.05 Å². The molecule has 1 rings (SSSR count). The van der Waals surface area contributed by atoms with E-state index in [0.29, 0.717) is 22.9 Å². The van der Waals surface area contributed by atoms with Gasteiger partial charge < -0.3 is 15.4 Å². The largest absolute Gasteiger partial charge is 0.497 e. The van der Waals surface area contributed by atoms with Crippen molar-refractivity contribution in [1.82, 2.24) is 4.90 Å². The maximum absolute atomic E-state index is 12.2. The molecule has 4 nitrogen and oxygen atoms in total. The molecule has 0 heterocycles. The fourth-order valence-corrected chi connectivity index (χ4v) is 1.76. The minimum Gasteiger partial charge on any atom is -0.497 e. The first kappa shape index (κ1) is 14.4. The first-order valence-electron chi connectivity index (χ1n) is 6.18. The molecular formula is C14H22N2O2. The van der Waals surface area contributed by atoms with Crippen LogP contribution in [0.3, 0.4) is 0 Å². The number of hydrogen-bond acceptors (Lipinski definition) is 3. The Morgan fingerprint density at radius 2 is 2.11 bits per heavy atom. The SMILES string of the molecule is CCC(C)CN(C)C(=O)c1cc(N)cc(OC)c1. The first-order chi connectivity index (χ1) is 8.47. The van der Waals surface area contributed by atoms with E-state index in [2.05, 4.69) is 13.8 Å². The van der Waals surface area contributed by atoms with Crippen LogP contribution in [0.2, 0.25) is 0 Å². The molecule has 1 amide bonds. The van der Waals surface area contributed by atoms with Gasteiger partial charge in [0.1, 0.15) is 5.75 Å². The van der Waals surface area contributed by atoms with Crippen LogP contribution in [0.25, 0.3) is 0 Å². The van der Waals surface area contributed by atoms with Crippen molar-refractivity contribution in [2.45, 2.75) is 20.3 Å². The fraction of sp³-hybridized carbons (Fsp3) is 0.500. The number of ether oxygens (including phenoxy) is 1. The van der Waals surface area contributed by atoms with E-state index in [4.69, 9.17) is 10.5 Å². The minimum absolute atomic E-state index is 0.0269. The highest BCUT2D eigenvalue weighted by Gasteiger charge is 2.15. The van der Waals surface area contributed by atoms with Gasteiger partial charge in [-0.3, -0.25) is 4.79 Å². The number of methoxy groups -OCH3 is 1. The molecule has 0 aromatic heterocycles. The summed E-state index contributed by atoms with van der Waals surface area (Å²) in [5.41, 5.74) is 6.85. The Balaban J connectivity index is 2.86. The van der Waals surface area contributed by atoms with Crippen molar-refractivity contribution in [2.75, 3.05) is 26.4 Å². The highest BCUT2D eigenvalue weighted by Crippen LogP contribution is 2.19. The molecule has 1 unspecified atom stereocenters. The molecule has 0 radical (unpaired) electrons. The molecule has 1 aromatic rings. The summed E-state index contributed by atoms with van der Waals surface area (Å²) in [4.78, 5) is 14.0. The minimum atomic E-state index is -0.0269. The third-order valence-electron chi connectivity index (χ3n) is 3.04. The van der Waals surface area contributed by atoms with Gasteiger partial charge in [-0.2, -0.15) is 0 Å². The maximum atomic E-state index is 12.2. The zero-order valence-corrected chi connectivity index (χ0v) is 11.6. The second-order valence-electron chi connectivity index (χ2n) is 4.69. The Morgan fingerprint density at radius 1 is 1.44 bits per heavy atom. The predicted octanol–water partition coefficient (Wildman–Crippen LogP) is 2.40. The van der Waals surface area contributed by atoms with Gasteiger partial charge in [-0.1, -0.05) is 20.3 Å². The summed E-state index contributed by atoms with van der Waals surface area (Å²) in [5.74, 6) is 1.07. The molecular weight excluding hydrogens is 228 g/mol. The summed E-state index contributed by atoms with van der Waals surface area (Å²) >= 11 is 0. The van der Waals surface area contributed by atoms with Crippen molar-refractivity contribution < 1.29 is 9.53 Å². The molecule has 2 N–H and O–H groups in total. The number of nitrogen functional groups attached to an aromatic ring is 1. The monoisotopic (exact) mass is 250 g/mol. The Morgan fingerprint density at radius 3 is 2.67 bits per heavy atom. The lowest BCUT2D eigenvalue weighted by atomic mass is 10.1. The number of nitrogens with zero attached hydrogens (tertiary/aromatic N) is 1. The van der Waals surface area contributed by atoms with E-state index in [-0.39, 0.29) is 5.91 Å². The van der Waals surface area contributed by atoms with Crippen LogP contribution >= 0.6 is 0 Å². The van der Waals surface area contributed by atoms with Crippen molar-refractivity contribution >= 4 is 11.6 Å². The molecule has 100 valence electrons. The van der Waals surface area contributed by atoms with Crippen LogP contribution in [-0.4, -0.2) is 31.5 Å². The van der Waals surface area contributed by atoms with E-state index < -0.39 is 0 Å². The normalized spacial score (nSPS) is 12.0. The summed E-state index contributed by atoms with van der Waals surface area (Å²) in [7, 11) is 3.37. The van der Waals surface area contributed by atoms with E-state index in [9.17, 15) is 4.79 Å². The lowest BCUT2D eigenvalue weighted by molar-refractivity contribution is 0.0774. The lowest BCUT2D eigenvalue weighted by Gasteiger charge is -2.21. The van der Waals surface area contributed by atoms with Crippen LogP contribution in [0, 0.1) is 5.92 Å². The van der Waals surface area contributed by atoms with Crippen LogP contribution in [0.4, 0.5) is 5.69 Å². The summed E-state index contributed by atoms with van der Waals surface area (Å²) in [5, 5.41) is 0. The molecule has 0 bridgehead atoms. The molecule has 4 heteroatoms. The summed E-state index contributed by atoms with van der Waals surface area (Å²) in [6.07, 6.45) is 1.05. The molecule has 0 aliphatic rings. The zero-order valence-electron chi connectivity index (χ0n) is 11.6. The highest BCUT2D eigenvalue weighted by molar-refractivity contribution is 5.95. The number of benzene rings is 1. The molecule has 0 fully saturated rings. The number of rotatable bonds is 5. The van der Waals surface area contributed by atoms with E-state index in [0.717, 1.165) is 13.0 Å².